The van der Waals surface area contributed by atoms with Crippen molar-refractivity contribution < 1.29 is 13.6 Å². The van der Waals surface area contributed by atoms with Gasteiger partial charge in [0.2, 0.25) is 0 Å². The summed E-state index contributed by atoms with van der Waals surface area (Å²) in [5, 5.41) is 7.19. The minimum Gasteiger partial charge on any atom is -0.350 e. The minimum atomic E-state index is -0.955. The van der Waals surface area contributed by atoms with E-state index in [4.69, 9.17) is 5.73 Å². The molecule has 3 heterocycles. The summed E-state index contributed by atoms with van der Waals surface area (Å²) in [6, 6.07) is 7.30. The van der Waals surface area contributed by atoms with Crippen LogP contribution < -0.4 is 11.1 Å². The van der Waals surface area contributed by atoms with E-state index >= 15 is 4.39 Å². The van der Waals surface area contributed by atoms with Gasteiger partial charge in [-0.15, -0.1) is 0 Å². The van der Waals surface area contributed by atoms with Crippen molar-refractivity contribution >= 4 is 11.4 Å². The second-order valence-electron chi connectivity index (χ2n) is 10.2. The third-order valence-electron chi connectivity index (χ3n) is 6.82. The zero-order chi connectivity index (χ0) is 27.0. The lowest BCUT2D eigenvalue weighted by atomic mass is 9.80. The summed E-state index contributed by atoms with van der Waals surface area (Å²) < 4.78 is 31.9. The van der Waals surface area contributed by atoms with Gasteiger partial charge in [-0.25, -0.2) is 18.3 Å². The molecule has 5 rings (SSSR count). The highest BCUT2D eigenvalue weighted by Gasteiger charge is 2.24. The molecule has 0 unspecified atom stereocenters. The molecule has 0 aliphatic heterocycles. The number of carbonyl (C=O) groups is 1. The number of nitrogens with one attached hydrogen (secondary N) is 1. The average molecular weight is 517 g/mol. The van der Waals surface area contributed by atoms with Crippen molar-refractivity contribution in [3.8, 4) is 11.3 Å². The normalized spacial score (nSPS) is 17.6. The molecule has 1 aliphatic carbocycles. The SMILES string of the molecule is CC1=C[C@H](N)C[C@H](c2ccncc2Cc2ncc3ccc(-c4c(F)ccc(C(=O)NC(C)C)c4F)nn23)C1. The van der Waals surface area contributed by atoms with Gasteiger partial charge in [0.1, 0.15) is 17.5 Å². The topological polar surface area (TPSA) is 98.2 Å². The van der Waals surface area contributed by atoms with E-state index in [1.165, 1.54) is 11.6 Å². The van der Waals surface area contributed by atoms with Crippen LogP contribution in [0.3, 0.4) is 0 Å². The van der Waals surface area contributed by atoms with Crippen molar-refractivity contribution in [3.63, 3.8) is 0 Å². The van der Waals surface area contributed by atoms with Gasteiger partial charge in [-0.1, -0.05) is 11.6 Å². The Kier molecular flexibility index (Phi) is 7.03. The van der Waals surface area contributed by atoms with Crippen LogP contribution in [0.5, 0.6) is 0 Å². The maximum Gasteiger partial charge on any atom is 0.254 e. The molecule has 196 valence electrons. The van der Waals surface area contributed by atoms with Gasteiger partial charge < -0.3 is 11.1 Å². The zero-order valence-electron chi connectivity index (χ0n) is 21.6. The van der Waals surface area contributed by atoms with Crippen LogP contribution in [-0.4, -0.2) is 37.6 Å². The first kappa shape index (κ1) is 25.7. The molecule has 0 fully saturated rings. The van der Waals surface area contributed by atoms with E-state index < -0.39 is 17.5 Å². The molecule has 0 saturated carbocycles. The van der Waals surface area contributed by atoms with Gasteiger partial charge in [0.15, 0.2) is 0 Å². The number of pyridine rings is 1. The lowest BCUT2D eigenvalue weighted by Crippen LogP contribution is -2.31. The van der Waals surface area contributed by atoms with E-state index in [0.717, 1.165) is 36.1 Å². The summed E-state index contributed by atoms with van der Waals surface area (Å²) in [5.41, 5.74) is 9.84. The number of allylic oxidation sites excluding steroid dienone is 1. The summed E-state index contributed by atoms with van der Waals surface area (Å²) in [6.45, 7) is 5.63. The number of nitrogens with zero attached hydrogens (tertiary/aromatic N) is 4. The number of amides is 1. The first-order valence-electron chi connectivity index (χ1n) is 12.7. The largest absolute Gasteiger partial charge is 0.350 e. The smallest absolute Gasteiger partial charge is 0.254 e. The lowest BCUT2D eigenvalue weighted by Gasteiger charge is -2.27. The molecule has 0 radical (unpaired) electrons. The number of benzene rings is 1. The second kappa shape index (κ2) is 10.4. The van der Waals surface area contributed by atoms with E-state index in [0.29, 0.717) is 17.8 Å². The van der Waals surface area contributed by atoms with Crippen molar-refractivity contribution in [2.75, 3.05) is 0 Å². The highest BCUT2D eigenvalue weighted by molar-refractivity contribution is 5.96. The first-order chi connectivity index (χ1) is 18.2. The predicted molar refractivity (Wildman–Crippen MR) is 142 cm³/mol. The van der Waals surface area contributed by atoms with Crippen LogP contribution in [0.1, 0.15) is 66.8 Å². The van der Waals surface area contributed by atoms with Crippen LogP contribution in [0.25, 0.3) is 16.8 Å². The Labute approximate surface area is 219 Å². The summed E-state index contributed by atoms with van der Waals surface area (Å²) in [6.07, 6.45) is 9.61. The Morgan fingerprint density at radius 3 is 2.76 bits per heavy atom. The molecule has 2 atom stereocenters. The van der Waals surface area contributed by atoms with Gasteiger partial charge in [-0.05, 0) is 81.0 Å². The number of carbonyl (C=O) groups excluding carboxylic acids is 1. The van der Waals surface area contributed by atoms with E-state index in [1.807, 2.05) is 12.3 Å². The molecule has 0 bridgehead atoms. The molecule has 3 N–H and O–H groups in total. The summed E-state index contributed by atoms with van der Waals surface area (Å²) in [5.74, 6) is -1.49. The predicted octanol–water partition coefficient (Wildman–Crippen LogP) is 4.95. The Morgan fingerprint density at radius 2 is 2.00 bits per heavy atom. The van der Waals surface area contributed by atoms with Crippen molar-refractivity contribution in [1.82, 2.24) is 24.9 Å². The quantitative estimate of drug-likeness (QED) is 0.354. The van der Waals surface area contributed by atoms with Crippen molar-refractivity contribution in [3.05, 3.63) is 94.7 Å². The number of fused-ring (bicyclic) bond motifs is 1. The van der Waals surface area contributed by atoms with E-state index in [-0.39, 0.29) is 34.8 Å². The lowest BCUT2D eigenvalue weighted by molar-refractivity contribution is 0.0939. The zero-order valence-corrected chi connectivity index (χ0v) is 21.6. The molecule has 0 saturated heterocycles. The molecule has 3 aromatic heterocycles. The highest BCUT2D eigenvalue weighted by atomic mass is 19.1. The van der Waals surface area contributed by atoms with Gasteiger partial charge >= 0.3 is 0 Å². The number of hydrogen-bond acceptors (Lipinski definition) is 5. The van der Waals surface area contributed by atoms with E-state index in [1.54, 1.807) is 36.8 Å². The monoisotopic (exact) mass is 516 g/mol. The maximum atomic E-state index is 15.4. The fourth-order valence-electron chi connectivity index (χ4n) is 5.18. The Bertz CT molecular complexity index is 1540. The van der Waals surface area contributed by atoms with Crippen molar-refractivity contribution in [2.24, 2.45) is 5.73 Å². The molecule has 38 heavy (non-hydrogen) atoms. The molecule has 9 heteroatoms. The maximum absolute atomic E-state index is 15.4. The van der Waals surface area contributed by atoms with Crippen LogP contribution in [0.15, 0.2) is 60.6 Å². The number of hydrogen-bond donors (Lipinski definition) is 2. The summed E-state index contributed by atoms with van der Waals surface area (Å²) in [4.78, 5) is 21.4. The number of rotatable bonds is 6. The van der Waals surface area contributed by atoms with Gasteiger partial charge in [-0.2, -0.15) is 5.10 Å². The second-order valence-corrected chi connectivity index (χ2v) is 10.2. The van der Waals surface area contributed by atoms with Crippen LogP contribution >= 0.6 is 0 Å². The van der Waals surface area contributed by atoms with E-state index in [2.05, 4.69) is 33.4 Å². The molecular formula is C29H30F2N6O. The van der Waals surface area contributed by atoms with Crippen LogP contribution in [0, 0.1) is 11.6 Å². The number of nitrogens with two attached hydrogens (primary N) is 1. The Hall–Kier alpha value is -3.98. The van der Waals surface area contributed by atoms with Gasteiger partial charge in [0.25, 0.3) is 5.91 Å². The van der Waals surface area contributed by atoms with Crippen molar-refractivity contribution in [1.29, 1.82) is 0 Å². The molecule has 1 aromatic carbocycles. The molecule has 0 spiro atoms. The third kappa shape index (κ3) is 5.06. The fourth-order valence-corrected chi connectivity index (χ4v) is 5.18. The fraction of sp³-hybridized carbons (Fsp3) is 0.310. The average Bonchev–Trinajstić information content (AvgIpc) is 3.25. The van der Waals surface area contributed by atoms with E-state index in [9.17, 15) is 9.18 Å². The first-order valence-corrected chi connectivity index (χ1v) is 12.7. The number of aromatic nitrogens is 4. The van der Waals surface area contributed by atoms with Crippen LogP contribution in [0.2, 0.25) is 0 Å². The molecular weight excluding hydrogens is 486 g/mol. The molecule has 1 aliphatic rings. The molecule has 1 amide bonds. The van der Waals surface area contributed by atoms with Gasteiger partial charge in [0, 0.05) is 30.9 Å². The van der Waals surface area contributed by atoms with Gasteiger partial charge in [-0.3, -0.25) is 9.78 Å². The Balaban J connectivity index is 1.52. The minimum absolute atomic E-state index is 0.00872. The standard InChI is InChI=1S/C29H30F2N6O/c1-16(2)35-29(38)23-5-6-24(30)27(28(23)31)25-7-4-21-15-34-26(37(21)36-25)13-19-14-33-9-8-22(19)18-10-17(3)11-20(32)12-18/h4-9,11,14-16,18,20H,10,12-13,32H2,1-3H3,(H,35,38)/t18-,20+/m1/s1. The van der Waals surface area contributed by atoms with Crippen LogP contribution in [0.4, 0.5) is 8.78 Å². The van der Waals surface area contributed by atoms with Gasteiger partial charge in [0.05, 0.1) is 28.5 Å². The summed E-state index contributed by atoms with van der Waals surface area (Å²) in [7, 11) is 0. The number of halogens is 2. The third-order valence-corrected chi connectivity index (χ3v) is 6.82. The molecule has 7 nitrogen and oxygen atoms in total. The number of imidazole rings is 1. The van der Waals surface area contributed by atoms with Crippen molar-refractivity contribution in [2.45, 2.75) is 58.0 Å². The Morgan fingerprint density at radius 1 is 1.18 bits per heavy atom. The summed E-state index contributed by atoms with van der Waals surface area (Å²) >= 11 is 0. The molecule has 4 aromatic rings. The highest BCUT2D eigenvalue weighted by Crippen LogP contribution is 2.34. The van der Waals surface area contributed by atoms with Crippen LogP contribution in [-0.2, 0) is 6.42 Å².